The number of carbonyl (C=O) groups is 2. The summed E-state index contributed by atoms with van der Waals surface area (Å²) in [7, 11) is -3.45. The smallest absolute Gasteiger partial charge is 0.326 e. The van der Waals surface area contributed by atoms with Gasteiger partial charge in [0.1, 0.15) is 6.04 Å². The predicted molar refractivity (Wildman–Crippen MR) is 99.7 cm³/mol. The van der Waals surface area contributed by atoms with E-state index in [1.165, 1.54) is 9.21 Å². The van der Waals surface area contributed by atoms with Crippen molar-refractivity contribution in [1.29, 1.82) is 0 Å². The van der Waals surface area contributed by atoms with Crippen molar-refractivity contribution in [3.63, 3.8) is 0 Å². The average molecular weight is 394 g/mol. The van der Waals surface area contributed by atoms with Gasteiger partial charge in [0.2, 0.25) is 15.9 Å². The van der Waals surface area contributed by atoms with Gasteiger partial charge in [-0.2, -0.15) is 4.31 Å². The van der Waals surface area contributed by atoms with Gasteiger partial charge in [-0.3, -0.25) is 4.79 Å². The van der Waals surface area contributed by atoms with Crippen LogP contribution >= 0.6 is 0 Å². The Balaban J connectivity index is 1.59. The molecule has 0 aliphatic carbocycles. The molecule has 1 atom stereocenters. The number of carboxylic acid groups (broad SMARTS) is 1. The summed E-state index contributed by atoms with van der Waals surface area (Å²) in [5.74, 6) is -1.11. The number of carboxylic acids is 1. The highest BCUT2D eigenvalue weighted by molar-refractivity contribution is 7.89. The summed E-state index contributed by atoms with van der Waals surface area (Å²) >= 11 is 0. The number of likely N-dealkylation sites (tertiary alicyclic amines) is 1. The molecule has 2 fully saturated rings. The standard InChI is InChI=1S/C19H26N2O5S/c22-18(21-14-4-5-17(21)19(23)24)11-8-15-6-9-16(10-7-15)27(25,26)20-12-2-1-3-13-20/h6-7,9-10,17H,1-5,8,11-14H2,(H,23,24). The third-order valence-electron chi connectivity index (χ3n) is 5.36. The minimum absolute atomic E-state index is 0.162. The summed E-state index contributed by atoms with van der Waals surface area (Å²) in [6.07, 6.45) is 4.77. The Morgan fingerprint density at radius 1 is 1.00 bits per heavy atom. The van der Waals surface area contributed by atoms with Crippen molar-refractivity contribution in [2.45, 2.75) is 55.9 Å². The number of aliphatic carboxylic acids is 1. The Labute approximate surface area is 160 Å². The van der Waals surface area contributed by atoms with Crippen LogP contribution in [0.2, 0.25) is 0 Å². The fourth-order valence-electron chi connectivity index (χ4n) is 3.80. The maximum Gasteiger partial charge on any atom is 0.326 e. The van der Waals surface area contributed by atoms with Crippen molar-refractivity contribution in [3.05, 3.63) is 29.8 Å². The topological polar surface area (TPSA) is 95.0 Å². The number of aryl methyl sites for hydroxylation is 1. The molecule has 0 aromatic heterocycles. The van der Waals surface area contributed by atoms with Gasteiger partial charge in [-0.05, 0) is 49.8 Å². The van der Waals surface area contributed by atoms with E-state index >= 15 is 0 Å². The van der Waals surface area contributed by atoms with Crippen molar-refractivity contribution >= 4 is 21.9 Å². The van der Waals surface area contributed by atoms with Crippen molar-refractivity contribution < 1.29 is 23.1 Å². The first-order chi connectivity index (χ1) is 12.9. The number of sulfonamides is 1. The molecule has 0 spiro atoms. The van der Waals surface area contributed by atoms with E-state index in [2.05, 4.69) is 0 Å². The lowest BCUT2D eigenvalue weighted by Gasteiger charge is -2.25. The molecule has 8 heteroatoms. The van der Waals surface area contributed by atoms with Crippen LogP contribution in [0.25, 0.3) is 0 Å². The average Bonchev–Trinajstić information content (AvgIpc) is 3.17. The second kappa shape index (κ2) is 8.39. The van der Waals surface area contributed by atoms with Crippen LogP contribution in [-0.4, -0.2) is 60.3 Å². The lowest BCUT2D eigenvalue weighted by Crippen LogP contribution is -2.40. The van der Waals surface area contributed by atoms with Crippen LogP contribution in [-0.2, 0) is 26.0 Å². The summed E-state index contributed by atoms with van der Waals surface area (Å²) in [6.45, 7) is 1.63. The zero-order valence-electron chi connectivity index (χ0n) is 15.3. The summed E-state index contributed by atoms with van der Waals surface area (Å²) < 4.78 is 26.8. The molecule has 0 saturated carbocycles. The van der Waals surface area contributed by atoms with Crippen LogP contribution in [0.1, 0.15) is 44.1 Å². The van der Waals surface area contributed by atoms with E-state index in [4.69, 9.17) is 0 Å². The van der Waals surface area contributed by atoms with Gasteiger partial charge in [0.15, 0.2) is 0 Å². The SMILES string of the molecule is O=C(O)C1CCCN1C(=O)CCc1ccc(S(=O)(=O)N2CCCCC2)cc1. The molecule has 1 N–H and O–H groups in total. The number of hydrogen-bond acceptors (Lipinski definition) is 4. The van der Waals surface area contributed by atoms with Crippen LogP contribution in [0.5, 0.6) is 0 Å². The van der Waals surface area contributed by atoms with Crippen molar-refractivity contribution in [1.82, 2.24) is 9.21 Å². The van der Waals surface area contributed by atoms with Gasteiger partial charge in [-0.1, -0.05) is 18.6 Å². The molecular weight excluding hydrogens is 368 g/mol. The second-order valence-corrected chi connectivity index (χ2v) is 9.13. The second-order valence-electron chi connectivity index (χ2n) is 7.19. The van der Waals surface area contributed by atoms with Crippen molar-refractivity contribution in [2.75, 3.05) is 19.6 Å². The third-order valence-corrected chi connectivity index (χ3v) is 7.27. The predicted octanol–water partition coefficient (Wildman–Crippen LogP) is 1.87. The fourth-order valence-corrected chi connectivity index (χ4v) is 5.32. The van der Waals surface area contributed by atoms with Gasteiger partial charge < -0.3 is 10.0 Å². The highest BCUT2D eigenvalue weighted by Gasteiger charge is 2.33. The highest BCUT2D eigenvalue weighted by atomic mass is 32.2. The van der Waals surface area contributed by atoms with Crippen LogP contribution in [0, 0.1) is 0 Å². The van der Waals surface area contributed by atoms with Gasteiger partial charge in [0, 0.05) is 26.1 Å². The van der Waals surface area contributed by atoms with Crippen molar-refractivity contribution in [2.24, 2.45) is 0 Å². The van der Waals surface area contributed by atoms with E-state index in [0.717, 1.165) is 24.8 Å². The molecular formula is C19H26N2O5S. The van der Waals surface area contributed by atoms with E-state index < -0.39 is 22.0 Å². The van der Waals surface area contributed by atoms with Gasteiger partial charge >= 0.3 is 5.97 Å². The number of piperidine rings is 1. The van der Waals surface area contributed by atoms with Crippen molar-refractivity contribution in [3.8, 4) is 0 Å². The van der Waals surface area contributed by atoms with E-state index in [-0.39, 0.29) is 17.2 Å². The molecule has 2 aliphatic rings. The maximum atomic E-state index is 12.6. The lowest BCUT2D eigenvalue weighted by atomic mass is 10.1. The highest BCUT2D eigenvalue weighted by Crippen LogP contribution is 2.22. The zero-order valence-corrected chi connectivity index (χ0v) is 16.2. The summed E-state index contributed by atoms with van der Waals surface area (Å²) in [5.41, 5.74) is 0.868. The van der Waals surface area contributed by atoms with Crippen LogP contribution in [0.15, 0.2) is 29.2 Å². The Morgan fingerprint density at radius 3 is 2.30 bits per heavy atom. The van der Waals surface area contributed by atoms with Crippen LogP contribution < -0.4 is 0 Å². The van der Waals surface area contributed by atoms with Gasteiger partial charge in [-0.15, -0.1) is 0 Å². The van der Waals surface area contributed by atoms with Crippen LogP contribution in [0.3, 0.4) is 0 Å². The third kappa shape index (κ3) is 4.50. The minimum atomic E-state index is -3.45. The molecule has 2 aliphatic heterocycles. The van der Waals surface area contributed by atoms with E-state index in [0.29, 0.717) is 38.9 Å². The number of amides is 1. The Hall–Kier alpha value is -1.93. The number of hydrogen-bond donors (Lipinski definition) is 1. The molecule has 1 unspecified atom stereocenters. The summed E-state index contributed by atoms with van der Waals surface area (Å²) in [6, 6.07) is 5.96. The Morgan fingerprint density at radius 2 is 1.67 bits per heavy atom. The lowest BCUT2D eigenvalue weighted by molar-refractivity contribution is -0.148. The first-order valence-corrected chi connectivity index (χ1v) is 10.9. The monoisotopic (exact) mass is 394 g/mol. The zero-order chi connectivity index (χ0) is 19.4. The van der Waals surface area contributed by atoms with Gasteiger partial charge in [0.25, 0.3) is 0 Å². The molecule has 2 saturated heterocycles. The van der Waals surface area contributed by atoms with Gasteiger partial charge in [0.05, 0.1) is 4.90 Å². The quantitative estimate of drug-likeness (QED) is 0.795. The maximum absolute atomic E-state index is 12.6. The molecule has 7 nitrogen and oxygen atoms in total. The van der Waals surface area contributed by atoms with E-state index in [1.807, 2.05) is 0 Å². The number of carbonyl (C=O) groups excluding carboxylic acids is 1. The summed E-state index contributed by atoms with van der Waals surface area (Å²) in [4.78, 5) is 25.2. The summed E-state index contributed by atoms with van der Waals surface area (Å²) in [5, 5.41) is 9.18. The molecule has 0 radical (unpaired) electrons. The number of benzene rings is 1. The molecule has 2 heterocycles. The molecule has 0 bridgehead atoms. The minimum Gasteiger partial charge on any atom is -0.480 e. The van der Waals surface area contributed by atoms with Crippen LogP contribution in [0.4, 0.5) is 0 Å². The number of rotatable bonds is 6. The van der Waals surface area contributed by atoms with E-state index in [1.54, 1.807) is 24.3 Å². The largest absolute Gasteiger partial charge is 0.480 e. The Kier molecular flexibility index (Phi) is 6.16. The first-order valence-electron chi connectivity index (χ1n) is 9.51. The molecule has 3 rings (SSSR count). The molecule has 148 valence electrons. The normalized spacial score (nSPS) is 21.3. The van der Waals surface area contributed by atoms with E-state index in [9.17, 15) is 23.1 Å². The molecule has 1 amide bonds. The molecule has 1 aromatic carbocycles. The first kappa shape index (κ1) is 19.8. The Bertz CT molecular complexity index is 785. The number of nitrogens with zero attached hydrogens (tertiary/aromatic N) is 2. The molecule has 1 aromatic rings. The fraction of sp³-hybridized carbons (Fsp3) is 0.579. The van der Waals surface area contributed by atoms with Gasteiger partial charge in [-0.25, -0.2) is 13.2 Å². The molecule has 27 heavy (non-hydrogen) atoms.